The van der Waals surface area contributed by atoms with E-state index in [4.69, 9.17) is 10.5 Å². The summed E-state index contributed by atoms with van der Waals surface area (Å²) in [6, 6.07) is 19.3. The van der Waals surface area contributed by atoms with Crippen LogP contribution in [0, 0.1) is 12.0 Å². The fourth-order valence-electron chi connectivity index (χ4n) is 3.01. The minimum Gasteiger partial charge on any atom is -0.359 e. The molecule has 2 nitrogen and oxygen atoms in total. The Kier molecular flexibility index (Phi) is 3.22. The first kappa shape index (κ1) is 12.8. The van der Waals surface area contributed by atoms with Crippen molar-refractivity contribution in [3.05, 3.63) is 59.7 Å². The Labute approximate surface area is 119 Å². The molecule has 0 radical (unpaired) electrons. The standard InChI is InChI=1S/C18H17NO/c1-2-20-18(11-12-19)13-14-7-3-4-8-15(14)16-9-5-6-10-17(16)18/h3-10H,2,13,19H2,1H3. The molecule has 2 N–H and O–H groups in total. The lowest BCUT2D eigenvalue weighted by Crippen LogP contribution is -2.34. The van der Waals surface area contributed by atoms with Gasteiger partial charge in [-0.15, -0.1) is 0 Å². The van der Waals surface area contributed by atoms with Gasteiger partial charge in [0.05, 0.1) is 0 Å². The van der Waals surface area contributed by atoms with Gasteiger partial charge in [0.2, 0.25) is 0 Å². The second kappa shape index (κ2) is 5.03. The fraction of sp³-hybridized carbons (Fsp3) is 0.222. The van der Waals surface area contributed by atoms with Crippen molar-refractivity contribution in [2.45, 2.75) is 18.9 Å². The van der Waals surface area contributed by atoms with Crippen LogP contribution < -0.4 is 5.73 Å². The van der Waals surface area contributed by atoms with Gasteiger partial charge in [0.15, 0.2) is 5.60 Å². The molecule has 1 unspecified atom stereocenters. The van der Waals surface area contributed by atoms with Crippen molar-refractivity contribution in [1.82, 2.24) is 0 Å². The highest BCUT2D eigenvalue weighted by atomic mass is 16.5. The number of ether oxygens (including phenoxy) is 1. The highest BCUT2D eigenvalue weighted by Crippen LogP contribution is 2.43. The molecular formula is C18H17NO. The summed E-state index contributed by atoms with van der Waals surface area (Å²) < 4.78 is 6.04. The number of hydrogen-bond donors (Lipinski definition) is 1. The number of hydrogen-bond acceptors (Lipinski definition) is 2. The highest BCUT2D eigenvalue weighted by molar-refractivity contribution is 5.75. The Morgan fingerprint density at radius 3 is 2.55 bits per heavy atom. The van der Waals surface area contributed by atoms with Crippen LogP contribution in [-0.4, -0.2) is 6.61 Å². The lowest BCUT2D eigenvalue weighted by Gasteiger charge is -2.35. The number of benzene rings is 2. The van der Waals surface area contributed by atoms with Crippen LogP contribution in [0.4, 0.5) is 0 Å². The molecule has 0 spiro atoms. The van der Waals surface area contributed by atoms with Crippen LogP contribution in [0.25, 0.3) is 11.1 Å². The molecule has 0 bridgehead atoms. The Morgan fingerprint density at radius 1 is 1.10 bits per heavy atom. The summed E-state index contributed by atoms with van der Waals surface area (Å²) in [7, 11) is 0. The zero-order valence-corrected chi connectivity index (χ0v) is 11.5. The van der Waals surface area contributed by atoms with Crippen LogP contribution >= 0.6 is 0 Å². The largest absolute Gasteiger partial charge is 0.359 e. The van der Waals surface area contributed by atoms with Crippen molar-refractivity contribution in [1.29, 1.82) is 0 Å². The molecule has 100 valence electrons. The Morgan fingerprint density at radius 2 is 1.80 bits per heavy atom. The van der Waals surface area contributed by atoms with E-state index in [1.807, 2.05) is 19.1 Å². The van der Waals surface area contributed by atoms with Gasteiger partial charge in [-0.2, -0.15) is 0 Å². The summed E-state index contributed by atoms with van der Waals surface area (Å²) >= 11 is 0. The zero-order valence-electron chi connectivity index (χ0n) is 11.5. The molecule has 1 atom stereocenters. The average Bonchev–Trinajstić information content (AvgIpc) is 2.48. The first-order valence-corrected chi connectivity index (χ1v) is 6.85. The van der Waals surface area contributed by atoms with Crippen LogP contribution in [0.1, 0.15) is 18.1 Å². The molecule has 20 heavy (non-hydrogen) atoms. The topological polar surface area (TPSA) is 35.2 Å². The molecule has 2 aromatic carbocycles. The van der Waals surface area contributed by atoms with Crippen molar-refractivity contribution < 1.29 is 4.74 Å². The Bertz CT molecular complexity index is 696. The smallest absolute Gasteiger partial charge is 0.160 e. The van der Waals surface area contributed by atoms with Crippen LogP contribution in [0.2, 0.25) is 0 Å². The third kappa shape index (κ3) is 1.88. The molecule has 3 rings (SSSR count). The van der Waals surface area contributed by atoms with E-state index in [0.29, 0.717) is 6.61 Å². The molecule has 0 saturated carbocycles. The molecule has 1 aliphatic rings. The third-order valence-electron chi connectivity index (χ3n) is 3.77. The van der Waals surface area contributed by atoms with E-state index in [2.05, 4.69) is 48.4 Å². The number of rotatable bonds is 2. The van der Waals surface area contributed by atoms with Gasteiger partial charge in [-0.1, -0.05) is 48.5 Å². The van der Waals surface area contributed by atoms with E-state index in [9.17, 15) is 0 Å². The van der Waals surface area contributed by atoms with Crippen LogP contribution in [0.3, 0.4) is 0 Å². The van der Waals surface area contributed by atoms with Crippen LogP contribution in [-0.2, 0) is 16.8 Å². The SMILES string of the molecule is CCOC1(C#CN)Cc2ccccc2-c2ccccc21. The van der Waals surface area contributed by atoms with E-state index in [0.717, 1.165) is 12.0 Å². The fourth-order valence-corrected chi connectivity index (χ4v) is 3.01. The maximum absolute atomic E-state index is 6.04. The summed E-state index contributed by atoms with van der Waals surface area (Å²) in [4.78, 5) is 0. The van der Waals surface area contributed by atoms with Crippen molar-refractivity contribution >= 4 is 0 Å². The van der Waals surface area contributed by atoms with Gasteiger partial charge < -0.3 is 10.5 Å². The van der Waals surface area contributed by atoms with Gasteiger partial charge in [-0.3, -0.25) is 0 Å². The molecule has 2 heteroatoms. The van der Waals surface area contributed by atoms with E-state index in [1.165, 1.54) is 16.7 Å². The average molecular weight is 263 g/mol. The third-order valence-corrected chi connectivity index (χ3v) is 3.77. The van der Waals surface area contributed by atoms with Gasteiger partial charge in [0.1, 0.15) is 0 Å². The summed E-state index contributed by atoms with van der Waals surface area (Å²) in [6.07, 6.45) is 0.734. The monoisotopic (exact) mass is 263 g/mol. The lowest BCUT2D eigenvalue weighted by molar-refractivity contribution is 0.00286. The molecule has 0 aliphatic heterocycles. The Balaban J connectivity index is 2.28. The van der Waals surface area contributed by atoms with Crippen LogP contribution in [0.5, 0.6) is 0 Å². The first-order chi connectivity index (χ1) is 9.80. The predicted molar refractivity (Wildman–Crippen MR) is 80.8 cm³/mol. The minimum atomic E-state index is -0.631. The maximum atomic E-state index is 6.04. The van der Waals surface area contributed by atoms with Crippen molar-refractivity contribution in [3.63, 3.8) is 0 Å². The molecule has 0 aromatic heterocycles. The summed E-state index contributed by atoms with van der Waals surface area (Å²) in [5.41, 5.74) is 9.69. The van der Waals surface area contributed by atoms with Gasteiger partial charge >= 0.3 is 0 Å². The molecule has 0 fully saturated rings. The summed E-state index contributed by atoms with van der Waals surface area (Å²) in [5, 5.41) is 0. The maximum Gasteiger partial charge on any atom is 0.160 e. The Hall–Kier alpha value is -2.24. The highest BCUT2D eigenvalue weighted by Gasteiger charge is 2.38. The summed E-state index contributed by atoms with van der Waals surface area (Å²) in [6.45, 7) is 2.59. The first-order valence-electron chi connectivity index (χ1n) is 6.85. The van der Waals surface area contributed by atoms with Crippen molar-refractivity contribution in [2.75, 3.05) is 6.61 Å². The molecule has 0 saturated heterocycles. The van der Waals surface area contributed by atoms with E-state index in [-0.39, 0.29) is 0 Å². The quantitative estimate of drug-likeness (QED) is 0.667. The van der Waals surface area contributed by atoms with Gasteiger partial charge in [-0.05, 0) is 29.5 Å². The number of fused-ring (bicyclic) bond motifs is 3. The zero-order chi connectivity index (χ0) is 14.0. The second-order valence-corrected chi connectivity index (χ2v) is 4.91. The molecule has 2 aromatic rings. The van der Waals surface area contributed by atoms with Gasteiger partial charge in [0, 0.05) is 24.6 Å². The normalized spacial score (nSPS) is 19.4. The van der Waals surface area contributed by atoms with E-state index >= 15 is 0 Å². The van der Waals surface area contributed by atoms with Gasteiger partial charge in [0.25, 0.3) is 0 Å². The molecular weight excluding hydrogens is 246 g/mol. The van der Waals surface area contributed by atoms with Crippen molar-refractivity contribution in [3.8, 4) is 23.1 Å². The molecule has 0 amide bonds. The second-order valence-electron chi connectivity index (χ2n) is 4.91. The molecule has 1 aliphatic carbocycles. The summed E-state index contributed by atoms with van der Waals surface area (Å²) in [5.74, 6) is 3.10. The van der Waals surface area contributed by atoms with E-state index < -0.39 is 5.60 Å². The predicted octanol–water partition coefficient (Wildman–Crippen LogP) is 3.06. The minimum absolute atomic E-state index is 0.602. The van der Waals surface area contributed by atoms with E-state index in [1.54, 1.807) is 0 Å². The van der Waals surface area contributed by atoms with Crippen molar-refractivity contribution in [2.24, 2.45) is 5.73 Å². The lowest BCUT2D eigenvalue weighted by atomic mass is 9.76. The van der Waals surface area contributed by atoms with Gasteiger partial charge in [-0.25, -0.2) is 0 Å². The van der Waals surface area contributed by atoms with Crippen LogP contribution in [0.15, 0.2) is 48.5 Å². The molecule has 0 heterocycles. The number of nitrogens with two attached hydrogens (primary N) is 1.